The molecule has 1 aliphatic rings. The summed E-state index contributed by atoms with van der Waals surface area (Å²) in [5, 5.41) is 8.76. The Morgan fingerprint density at radius 3 is 3.06 bits per heavy atom. The molecule has 1 aliphatic carbocycles. The zero-order valence-corrected chi connectivity index (χ0v) is 10.3. The van der Waals surface area contributed by atoms with Crippen LogP contribution in [0.2, 0.25) is 0 Å². The van der Waals surface area contributed by atoms with Crippen LogP contribution >= 0.6 is 0 Å². The van der Waals surface area contributed by atoms with Crippen LogP contribution < -0.4 is 5.73 Å². The minimum Gasteiger partial charge on any atom is -0.456 e. The molecule has 2 atom stereocenters. The van der Waals surface area contributed by atoms with Crippen LogP contribution in [-0.2, 0) is 16.0 Å². The average molecular weight is 249 g/mol. The van der Waals surface area contributed by atoms with Gasteiger partial charge >= 0.3 is 5.97 Å². The number of hydrogen-bond acceptors (Lipinski definition) is 4. The lowest BCUT2D eigenvalue weighted by molar-refractivity contribution is -0.152. The van der Waals surface area contributed by atoms with E-state index in [2.05, 4.69) is 6.07 Å². The van der Waals surface area contributed by atoms with E-state index in [1.54, 1.807) is 0 Å². The van der Waals surface area contributed by atoms with Crippen LogP contribution in [-0.4, -0.2) is 23.7 Å². The molecule has 0 fully saturated rings. The van der Waals surface area contributed by atoms with Gasteiger partial charge in [0.15, 0.2) is 0 Å². The molecule has 0 amide bonds. The molecule has 0 bridgehead atoms. The van der Waals surface area contributed by atoms with E-state index in [9.17, 15) is 4.79 Å². The molecule has 0 saturated heterocycles. The van der Waals surface area contributed by atoms with Gasteiger partial charge in [-0.2, -0.15) is 0 Å². The molecule has 2 unspecified atom stereocenters. The second kappa shape index (κ2) is 5.98. The number of nitrogens with two attached hydrogens (primary N) is 1. The molecule has 18 heavy (non-hydrogen) atoms. The lowest BCUT2D eigenvalue weighted by Gasteiger charge is -2.26. The van der Waals surface area contributed by atoms with E-state index < -0.39 is 12.0 Å². The quantitative estimate of drug-likeness (QED) is 0.789. The third-order valence-corrected chi connectivity index (χ3v) is 3.32. The highest BCUT2D eigenvalue weighted by Gasteiger charge is 2.25. The number of aryl methyl sites for hydroxylation is 1. The van der Waals surface area contributed by atoms with E-state index in [0.717, 1.165) is 24.8 Å². The molecule has 1 aromatic carbocycles. The van der Waals surface area contributed by atoms with Gasteiger partial charge in [-0.25, -0.2) is 0 Å². The van der Waals surface area contributed by atoms with Crippen LogP contribution in [0.25, 0.3) is 0 Å². The maximum Gasteiger partial charge on any atom is 0.323 e. The fraction of sp³-hybridized carbons (Fsp3) is 0.500. The molecule has 4 heteroatoms. The summed E-state index contributed by atoms with van der Waals surface area (Å²) in [6.45, 7) is -0.0997. The van der Waals surface area contributed by atoms with Crippen molar-refractivity contribution in [3.8, 4) is 0 Å². The van der Waals surface area contributed by atoms with Crippen molar-refractivity contribution in [2.75, 3.05) is 6.61 Å². The maximum atomic E-state index is 11.8. The molecule has 0 heterocycles. The topological polar surface area (TPSA) is 72.5 Å². The molecule has 0 aromatic heterocycles. The SMILES string of the molecule is NC(CCO)C(=O)OC1CCCc2ccccc21. The maximum absolute atomic E-state index is 11.8. The van der Waals surface area contributed by atoms with Gasteiger partial charge in [0.25, 0.3) is 0 Å². The minimum atomic E-state index is -0.732. The van der Waals surface area contributed by atoms with E-state index in [4.69, 9.17) is 15.6 Å². The molecule has 4 nitrogen and oxygen atoms in total. The monoisotopic (exact) mass is 249 g/mol. The van der Waals surface area contributed by atoms with Crippen molar-refractivity contribution in [2.45, 2.75) is 37.8 Å². The fourth-order valence-corrected chi connectivity index (χ4v) is 2.32. The van der Waals surface area contributed by atoms with Crippen molar-refractivity contribution in [1.82, 2.24) is 0 Å². The molecule has 0 radical (unpaired) electrons. The van der Waals surface area contributed by atoms with Crippen LogP contribution in [0, 0.1) is 0 Å². The predicted molar refractivity (Wildman–Crippen MR) is 67.9 cm³/mol. The third kappa shape index (κ3) is 2.89. The largest absolute Gasteiger partial charge is 0.456 e. The highest BCUT2D eigenvalue weighted by molar-refractivity contribution is 5.75. The standard InChI is InChI=1S/C14H19NO3/c15-12(8-9-16)14(17)18-13-7-3-5-10-4-1-2-6-11(10)13/h1-2,4,6,12-13,16H,3,5,7-9,15H2. The first-order chi connectivity index (χ1) is 8.72. The number of benzene rings is 1. The molecular formula is C14H19NO3. The fourth-order valence-electron chi connectivity index (χ4n) is 2.32. The number of aliphatic hydroxyl groups excluding tert-OH is 1. The van der Waals surface area contributed by atoms with Crippen molar-refractivity contribution < 1.29 is 14.6 Å². The number of fused-ring (bicyclic) bond motifs is 1. The Balaban J connectivity index is 2.05. The first-order valence-electron chi connectivity index (χ1n) is 6.37. The van der Waals surface area contributed by atoms with Gasteiger partial charge in [0.05, 0.1) is 0 Å². The summed E-state index contributed by atoms with van der Waals surface area (Å²) in [7, 11) is 0. The number of rotatable bonds is 4. The first-order valence-corrected chi connectivity index (χ1v) is 6.37. The summed E-state index contributed by atoms with van der Waals surface area (Å²) in [6, 6.07) is 7.30. The Hall–Kier alpha value is -1.39. The molecule has 0 aliphatic heterocycles. The van der Waals surface area contributed by atoms with Crippen molar-refractivity contribution in [3.05, 3.63) is 35.4 Å². The summed E-state index contributed by atoms with van der Waals surface area (Å²) in [5.41, 5.74) is 7.97. The lowest BCUT2D eigenvalue weighted by atomic mass is 9.89. The van der Waals surface area contributed by atoms with Crippen molar-refractivity contribution in [2.24, 2.45) is 5.73 Å². The summed E-state index contributed by atoms with van der Waals surface area (Å²) in [6.07, 6.45) is 2.95. The second-order valence-electron chi connectivity index (χ2n) is 4.64. The summed E-state index contributed by atoms with van der Waals surface area (Å²) in [5.74, 6) is -0.425. The van der Waals surface area contributed by atoms with Crippen LogP contribution in [0.3, 0.4) is 0 Å². The number of aliphatic hydroxyl groups is 1. The van der Waals surface area contributed by atoms with Gasteiger partial charge in [-0.05, 0) is 36.8 Å². The van der Waals surface area contributed by atoms with Gasteiger partial charge in [-0.15, -0.1) is 0 Å². The molecule has 3 N–H and O–H groups in total. The van der Waals surface area contributed by atoms with E-state index >= 15 is 0 Å². The number of esters is 1. The van der Waals surface area contributed by atoms with Gasteiger partial charge < -0.3 is 15.6 Å². The number of ether oxygens (including phenoxy) is 1. The van der Waals surface area contributed by atoms with E-state index in [1.807, 2.05) is 18.2 Å². The van der Waals surface area contributed by atoms with E-state index in [-0.39, 0.29) is 19.1 Å². The van der Waals surface area contributed by atoms with Crippen LogP contribution in [0.5, 0.6) is 0 Å². The highest BCUT2D eigenvalue weighted by Crippen LogP contribution is 2.32. The van der Waals surface area contributed by atoms with Gasteiger partial charge in [0, 0.05) is 6.61 Å². The molecule has 2 rings (SSSR count). The Labute approximate surface area is 107 Å². The lowest BCUT2D eigenvalue weighted by Crippen LogP contribution is -2.34. The van der Waals surface area contributed by atoms with Gasteiger partial charge in [0.2, 0.25) is 0 Å². The Morgan fingerprint density at radius 1 is 1.50 bits per heavy atom. The van der Waals surface area contributed by atoms with Crippen LogP contribution in [0.4, 0.5) is 0 Å². The molecule has 1 aromatic rings. The third-order valence-electron chi connectivity index (χ3n) is 3.32. The summed E-state index contributed by atoms with van der Waals surface area (Å²) >= 11 is 0. The van der Waals surface area contributed by atoms with Gasteiger partial charge in [0.1, 0.15) is 12.1 Å². The highest BCUT2D eigenvalue weighted by atomic mass is 16.5. The smallest absolute Gasteiger partial charge is 0.323 e. The van der Waals surface area contributed by atoms with Gasteiger partial charge in [-0.1, -0.05) is 24.3 Å². The molecule has 0 spiro atoms. The van der Waals surface area contributed by atoms with E-state index in [0.29, 0.717) is 0 Å². The predicted octanol–water partition coefficient (Wildman–Crippen LogP) is 1.32. The van der Waals surface area contributed by atoms with Crippen molar-refractivity contribution in [3.63, 3.8) is 0 Å². The Kier molecular flexibility index (Phi) is 4.33. The zero-order valence-electron chi connectivity index (χ0n) is 10.3. The second-order valence-corrected chi connectivity index (χ2v) is 4.64. The van der Waals surface area contributed by atoms with Crippen molar-refractivity contribution in [1.29, 1.82) is 0 Å². The normalized spacial score (nSPS) is 20.0. The van der Waals surface area contributed by atoms with Gasteiger partial charge in [-0.3, -0.25) is 4.79 Å². The Morgan fingerprint density at radius 2 is 2.28 bits per heavy atom. The average Bonchev–Trinajstić information content (AvgIpc) is 2.39. The first kappa shape index (κ1) is 13.1. The van der Waals surface area contributed by atoms with Crippen molar-refractivity contribution >= 4 is 5.97 Å². The molecule has 0 saturated carbocycles. The minimum absolute atomic E-state index is 0.0997. The zero-order chi connectivity index (χ0) is 13.0. The number of carbonyl (C=O) groups is 1. The number of carbonyl (C=O) groups excluding carboxylic acids is 1. The van der Waals surface area contributed by atoms with Crippen LogP contribution in [0.15, 0.2) is 24.3 Å². The Bertz CT molecular complexity index is 419. The summed E-state index contributed by atoms with van der Waals surface area (Å²) < 4.78 is 5.46. The summed E-state index contributed by atoms with van der Waals surface area (Å²) in [4.78, 5) is 11.8. The number of hydrogen-bond donors (Lipinski definition) is 2. The van der Waals surface area contributed by atoms with Crippen LogP contribution in [0.1, 0.15) is 36.5 Å². The molecule has 98 valence electrons. The van der Waals surface area contributed by atoms with E-state index in [1.165, 1.54) is 5.56 Å². The molecular weight excluding hydrogens is 230 g/mol.